The van der Waals surface area contributed by atoms with E-state index in [0.29, 0.717) is 11.1 Å². The van der Waals surface area contributed by atoms with Gasteiger partial charge in [0.05, 0.1) is 12.8 Å². The third-order valence-electron chi connectivity index (χ3n) is 3.05. The van der Waals surface area contributed by atoms with Crippen LogP contribution in [0.2, 0.25) is 0 Å². The molecule has 0 aliphatic carbocycles. The SMILES string of the molecule is O=C(NC[C@H](O)c1ccco1)c1cc2cccc(F)c2o1. The van der Waals surface area contributed by atoms with Crippen LogP contribution in [0, 0.1) is 5.82 Å². The molecule has 108 valence electrons. The van der Waals surface area contributed by atoms with E-state index in [9.17, 15) is 14.3 Å². The fraction of sp³-hybridized carbons (Fsp3) is 0.133. The number of aliphatic hydroxyl groups is 1. The van der Waals surface area contributed by atoms with Gasteiger partial charge in [0.1, 0.15) is 11.9 Å². The monoisotopic (exact) mass is 289 g/mol. The summed E-state index contributed by atoms with van der Waals surface area (Å²) >= 11 is 0. The number of benzene rings is 1. The molecule has 0 aliphatic heterocycles. The van der Waals surface area contributed by atoms with Crippen molar-refractivity contribution in [3.63, 3.8) is 0 Å². The van der Waals surface area contributed by atoms with Gasteiger partial charge in [0.15, 0.2) is 17.2 Å². The molecule has 1 aromatic carbocycles. The van der Waals surface area contributed by atoms with Gasteiger partial charge in [-0.05, 0) is 24.3 Å². The number of rotatable bonds is 4. The topological polar surface area (TPSA) is 75.6 Å². The van der Waals surface area contributed by atoms with Crippen LogP contribution in [0.3, 0.4) is 0 Å². The zero-order valence-corrected chi connectivity index (χ0v) is 10.9. The second-order valence-corrected chi connectivity index (χ2v) is 4.51. The van der Waals surface area contributed by atoms with Gasteiger partial charge in [0, 0.05) is 5.39 Å². The number of carbonyl (C=O) groups is 1. The largest absolute Gasteiger partial charge is 0.467 e. The number of para-hydroxylation sites is 1. The zero-order valence-electron chi connectivity index (χ0n) is 10.9. The molecule has 21 heavy (non-hydrogen) atoms. The van der Waals surface area contributed by atoms with E-state index >= 15 is 0 Å². The van der Waals surface area contributed by atoms with Crippen LogP contribution in [0.25, 0.3) is 11.0 Å². The van der Waals surface area contributed by atoms with Crippen molar-refractivity contribution in [1.29, 1.82) is 0 Å². The summed E-state index contributed by atoms with van der Waals surface area (Å²) in [6.07, 6.45) is 0.479. The summed E-state index contributed by atoms with van der Waals surface area (Å²) in [7, 11) is 0. The Kier molecular flexibility index (Phi) is 3.45. The maximum atomic E-state index is 13.5. The van der Waals surface area contributed by atoms with E-state index in [0.717, 1.165) is 0 Å². The second kappa shape index (κ2) is 5.41. The second-order valence-electron chi connectivity index (χ2n) is 4.51. The van der Waals surface area contributed by atoms with E-state index in [1.54, 1.807) is 18.2 Å². The van der Waals surface area contributed by atoms with Crippen molar-refractivity contribution in [2.75, 3.05) is 6.54 Å². The highest BCUT2D eigenvalue weighted by atomic mass is 19.1. The number of halogens is 1. The molecule has 1 amide bonds. The minimum atomic E-state index is -0.954. The average molecular weight is 289 g/mol. The first kappa shape index (κ1) is 13.4. The Balaban J connectivity index is 1.71. The smallest absolute Gasteiger partial charge is 0.287 e. The highest BCUT2D eigenvalue weighted by Crippen LogP contribution is 2.22. The van der Waals surface area contributed by atoms with Gasteiger partial charge in [0.2, 0.25) is 0 Å². The molecule has 0 saturated carbocycles. The zero-order chi connectivity index (χ0) is 14.8. The Labute approximate surface area is 119 Å². The molecule has 3 aromatic rings. The van der Waals surface area contributed by atoms with Crippen molar-refractivity contribution in [2.24, 2.45) is 0 Å². The fourth-order valence-electron chi connectivity index (χ4n) is 2.00. The standard InChI is InChI=1S/C15H12FNO4/c16-10-4-1-3-9-7-13(21-14(9)10)15(19)17-8-11(18)12-5-2-6-20-12/h1-7,11,18H,8H2,(H,17,19)/t11-/m0/s1. The van der Waals surface area contributed by atoms with Crippen molar-refractivity contribution in [3.8, 4) is 0 Å². The first-order chi connectivity index (χ1) is 10.1. The van der Waals surface area contributed by atoms with Crippen LogP contribution in [-0.2, 0) is 0 Å². The Hall–Kier alpha value is -2.60. The lowest BCUT2D eigenvalue weighted by atomic mass is 10.2. The molecule has 0 fully saturated rings. The Morgan fingerprint density at radius 1 is 1.33 bits per heavy atom. The van der Waals surface area contributed by atoms with Crippen LogP contribution in [0.15, 0.2) is 51.5 Å². The van der Waals surface area contributed by atoms with Crippen molar-refractivity contribution >= 4 is 16.9 Å². The molecule has 2 N–H and O–H groups in total. The molecule has 0 aliphatic rings. The van der Waals surface area contributed by atoms with E-state index < -0.39 is 17.8 Å². The van der Waals surface area contributed by atoms with Crippen LogP contribution in [0.1, 0.15) is 22.4 Å². The molecule has 2 aromatic heterocycles. The van der Waals surface area contributed by atoms with Gasteiger partial charge in [0.25, 0.3) is 5.91 Å². The normalized spacial score (nSPS) is 12.5. The Bertz CT molecular complexity index is 763. The summed E-state index contributed by atoms with van der Waals surface area (Å²) < 4.78 is 23.7. The number of nitrogens with one attached hydrogen (secondary N) is 1. The summed E-state index contributed by atoms with van der Waals surface area (Å²) in [5.74, 6) is -0.717. The summed E-state index contributed by atoms with van der Waals surface area (Å²) in [5.41, 5.74) is 0.0363. The van der Waals surface area contributed by atoms with E-state index in [1.807, 2.05) is 0 Å². The van der Waals surface area contributed by atoms with Gasteiger partial charge in [-0.15, -0.1) is 0 Å². The molecule has 2 heterocycles. The first-order valence-corrected chi connectivity index (χ1v) is 6.33. The molecule has 1 atom stereocenters. The number of hydrogen-bond donors (Lipinski definition) is 2. The number of furan rings is 2. The summed E-state index contributed by atoms with van der Waals surface area (Å²) in [6, 6.07) is 9.14. The van der Waals surface area contributed by atoms with E-state index in [4.69, 9.17) is 8.83 Å². The van der Waals surface area contributed by atoms with Crippen molar-refractivity contribution in [1.82, 2.24) is 5.32 Å². The molecule has 3 rings (SSSR count). The number of hydrogen-bond acceptors (Lipinski definition) is 4. The number of fused-ring (bicyclic) bond motifs is 1. The summed E-state index contributed by atoms with van der Waals surface area (Å²) in [5, 5.41) is 12.8. The molecule has 0 unspecified atom stereocenters. The number of amides is 1. The van der Waals surface area contributed by atoms with Gasteiger partial charge in [-0.2, -0.15) is 0 Å². The molecule has 6 heteroatoms. The van der Waals surface area contributed by atoms with Crippen molar-refractivity contribution in [2.45, 2.75) is 6.10 Å². The third-order valence-corrected chi connectivity index (χ3v) is 3.05. The van der Waals surface area contributed by atoms with Crippen LogP contribution < -0.4 is 5.32 Å². The van der Waals surface area contributed by atoms with Gasteiger partial charge in [-0.1, -0.05) is 12.1 Å². The Morgan fingerprint density at radius 3 is 2.90 bits per heavy atom. The third kappa shape index (κ3) is 2.66. The average Bonchev–Trinajstić information content (AvgIpc) is 3.13. The molecule has 0 radical (unpaired) electrons. The van der Waals surface area contributed by atoms with Gasteiger partial charge in [-0.3, -0.25) is 4.79 Å². The van der Waals surface area contributed by atoms with Gasteiger partial charge < -0.3 is 19.3 Å². The van der Waals surface area contributed by atoms with Crippen molar-refractivity contribution in [3.05, 3.63) is 60.0 Å². The maximum Gasteiger partial charge on any atom is 0.287 e. The molecular formula is C15H12FNO4. The molecular weight excluding hydrogens is 277 g/mol. The molecule has 0 saturated heterocycles. The van der Waals surface area contributed by atoms with Gasteiger partial charge in [-0.25, -0.2) is 4.39 Å². The van der Waals surface area contributed by atoms with Crippen LogP contribution in [-0.4, -0.2) is 17.6 Å². The van der Waals surface area contributed by atoms with Gasteiger partial charge >= 0.3 is 0 Å². The highest BCUT2D eigenvalue weighted by molar-refractivity contribution is 5.96. The van der Waals surface area contributed by atoms with E-state index in [-0.39, 0.29) is 17.9 Å². The number of aliphatic hydroxyl groups excluding tert-OH is 1. The highest BCUT2D eigenvalue weighted by Gasteiger charge is 2.17. The lowest BCUT2D eigenvalue weighted by Crippen LogP contribution is -2.27. The van der Waals surface area contributed by atoms with Crippen LogP contribution in [0.5, 0.6) is 0 Å². The number of carbonyl (C=O) groups excluding carboxylic acids is 1. The Morgan fingerprint density at radius 2 is 2.19 bits per heavy atom. The van der Waals surface area contributed by atoms with E-state index in [2.05, 4.69) is 5.32 Å². The summed E-state index contributed by atoms with van der Waals surface area (Å²) in [6.45, 7) is -0.0358. The predicted octanol–water partition coefficient (Wildman–Crippen LogP) is 2.63. The summed E-state index contributed by atoms with van der Waals surface area (Å²) in [4.78, 5) is 11.9. The maximum absolute atomic E-state index is 13.5. The molecule has 5 nitrogen and oxygen atoms in total. The lowest BCUT2D eigenvalue weighted by Gasteiger charge is -2.08. The lowest BCUT2D eigenvalue weighted by molar-refractivity contribution is 0.0876. The minimum Gasteiger partial charge on any atom is -0.467 e. The van der Waals surface area contributed by atoms with E-state index in [1.165, 1.54) is 24.5 Å². The fourth-order valence-corrected chi connectivity index (χ4v) is 2.00. The first-order valence-electron chi connectivity index (χ1n) is 6.33. The molecule has 0 spiro atoms. The predicted molar refractivity (Wildman–Crippen MR) is 72.2 cm³/mol. The quantitative estimate of drug-likeness (QED) is 0.774. The molecule has 0 bridgehead atoms. The minimum absolute atomic E-state index is 0.0123. The van der Waals surface area contributed by atoms with Crippen LogP contribution in [0.4, 0.5) is 4.39 Å². The van der Waals surface area contributed by atoms with Crippen molar-refractivity contribution < 1.29 is 23.1 Å². The van der Waals surface area contributed by atoms with Crippen LogP contribution >= 0.6 is 0 Å².